The van der Waals surface area contributed by atoms with E-state index >= 15 is 0 Å². The molecule has 0 aliphatic carbocycles. The summed E-state index contributed by atoms with van der Waals surface area (Å²) in [6.07, 6.45) is -0.770. The molecule has 0 saturated carbocycles. The lowest BCUT2D eigenvalue weighted by Crippen LogP contribution is -2.47. The predicted molar refractivity (Wildman–Crippen MR) is 115 cm³/mol. The number of carbonyl (C=O) groups is 3. The summed E-state index contributed by atoms with van der Waals surface area (Å²) in [6, 6.07) is 5.54. The quantitative estimate of drug-likeness (QED) is 0.700. The van der Waals surface area contributed by atoms with Crippen LogP contribution in [0.2, 0.25) is 0 Å². The molecule has 0 radical (unpaired) electrons. The zero-order valence-electron chi connectivity index (χ0n) is 18.8. The maximum atomic E-state index is 12.9. The van der Waals surface area contributed by atoms with E-state index in [0.717, 1.165) is 4.31 Å². The van der Waals surface area contributed by atoms with Gasteiger partial charge in [-0.3, -0.25) is 9.59 Å². The molecule has 2 atom stereocenters. The Morgan fingerprint density at radius 1 is 1.16 bits per heavy atom. The highest BCUT2D eigenvalue weighted by Crippen LogP contribution is 2.40. The average Bonchev–Trinajstić information content (AvgIpc) is 2.81. The van der Waals surface area contributed by atoms with Gasteiger partial charge < -0.3 is 15.8 Å². The third-order valence-electron chi connectivity index (χ3n) is 4.64. The zero-order chi connectivity index (χ0) is 23.8. The van der Waals surface area contributed by atoms with Gasteiger partial charge in [-0.05, 0) is 52.7 Å². The summed E-state index contributed by atoms with van der Waals surface area (Å²) in [5, 5.41) is 1.49. The summed E-state index contributed by atoms with van der Waals surface area (Å²) in [5.74, 6) is -1.16. The first kappa shape index (κ1) is 24.6. The number of nitrogens with zero attached hydrogens (tertiary/aromatic N) is 1. The number of sulfonamides is 1. The molecule has 0 aromatic heterocycles. The van der Waals surface area contributed by atoms with Crippen molar-refractivity contribution in [2.75, 3.05) is 0 Å². The molecule has 172 valence electrons. The lowest BCUT2D eigenvalue weighted by Gasteiger charge is -2.30. The molecule has 0 bridgehead atoms. The van der Waals surface area contributed by atoms with Crippen molar-refractivity contribution in [3.8, 4) is 0 Å². The number of rotatable bonds is 5. The number of primary amides is 1. The van der Waals surface area contributed by atoms with E-state index in [1.165, 1.54) is 0 Å². The van der Waals surface area contributed by atoms with Crippen LogP contribution in [0.4, 0.5) is 4.79 Å². The van der Waals surface area contributed by atoms with Gasteiger partial charge in [-0.15, -0.1) is 0 Å². The molecular formula is C21H31N3O6S. The fourth-order valence-corrected chi connectivity index (χ4v) is 5.67. The van der Waals surface area contributed by atoms with Crippen LogP contribution < -0.4 is 11.1 Å². The Labute approximate surface area is 183 Å². The normalized spacial score (nSPS) is 19.7. The van der Waals surface area contributed by atoms with E-state index in [1.807, 2.05) is 0 Å². The van der Waals surface area contributed by atoms with Crippen LogP contribution in [0.3, 0.4) is 0 Å². The fourth-order valence-electron chi connectivity index (χ4n) is 3.44. The van der Waals surface area contributed by atoms with Crippen molar-refractivity contribution >= 4 is 27.9 Å². The highest BCUT2D eigenvalue weighted by Gasteiger charge is 2.49. The molecule has 2 rings (SSSR count). The van der Waals surface area contributed by atoms with Gasteiger partial charge in [0.05, 0.1) is 12.0 Å². The van der Waals surface area contributed by atoms with Crippen molar-refractivity contribution in [1.29, 1.82) is 0 Å². The molecule has 10 heteroatoms. The molecule has 0 spiro atoms. The second-order valence-corrected chi connectivity index (χ2v) is 11.6. The van der Waals surface area contributed by atoms with Crippen molar-refractivity contribution in [2.45, 2.75) is 76.8 Å². The van der Waals surface area contributed by atoms with Crippen LogP contribution >= 0.6 is 0 Å². The van der Waals surface area contributed by atoms with E-state index in [-0.39, 0.29) is 12.8 Å². The highest BCUT2D eigenvalue weighted by atomic mass is 32.2. The van der Waals surface area contributed by atoms with Crippen molar-refractivity contribution in [2.24, 2.45) is 5.73 Å². The second-order valence-electron chi connectivity index (χ2n) is 9.61. The number of nitrogens with two attached hydrogens (primary N) is 1. The molecule has 1 saturated heterocycles. The predicted octanol–water partition coefficient (Wildman–Crippen LogP) is 2.01. The number of ether oxygens (including phenoxy) is 1. The Morgan fingerprint density at radius 3 is 2.13 bits per heavy atom. The Balaban J connectivity index is 2.17. The lowest BCUT2D eigenvalue weighted by molar-refractivity contribution is -0.128. The highest BCUT2D eigenvalue weighted by molar-refractivity contribution is 7.90. The third kappa shape index (κ3) is 5.96. The van der Waals surface area contributed by atoms with Gasteiger partial charge in [0.25, 0.3) is 0 Å². The Morgan fingerprint density at radius 2 is 1.71 bits per heavy atom. The minimum atomic E-state index is -3.83. The van der Waals surface area contributed by atoms with Gasteiger partial charge >= 0.3 is 6.09 Å². The van der Waals surface area contributed by atoms with Crippen LogP contribution in [-0.4, -0.2) is 47.8 Å². The number of alkyl carbamates (subject to hydrolysis) is 1. The molecule has 1 aliphatic heterocycles. The summed E-state index contributed by atoms with van der Waals surface area (Å²) >= 11 is 0. The third-order valence-corrected chi connectivity index (χ3v) is 7.05. The monoisotopic (exact) mass is 453 g/mol. The van der Waals surface area contributed by atoms with Gasteiger partial charge in [0.15, 0.2) is 0 Å². The molecular weight excluding hydrogens is 422 g/mol. The summed E-state index contributed by atoms with van der Waals surface area (Å²) in [4.78, 5) is 36.1. The summed E-state index contributed by atoms with van der Waals surface area (Å²) in [7, 11) is -3.83. The standard InChI is InChI=1S/C21H31N3O6S/c1-20(2,3)24-17(25)12-16(31(24,28)29)14-9-7-13(8-10-14)11-15(18(22)26)23-19(27)30-21(4,5)6/h7-10,15-16H,11-12H2,1-6H3,(H2,22,26)(H,23,27)/t15?,16-/m0/s1. The zero-order valence-corrected chi connectivity index (χ0v) is 19.6. The number of carbonyl (C=O) groups excluding carboxylic acids is 3. The fraction of sp³-hybridized carbons (Fsp3) is 0.571. The van der Waals surface area contributed by atoms with E-state index in [0.29, 0.717) is 11.1 Å². The van der Waals surface area contributed by atoms with Crippen LogP contribution in [0.5, 0.6) is 0 Å². The minimum absolute atomic E-state index is 0.110. The van der Waals surface area contributed by atoms with Crippen molar-refractivity contribution < 1.29 is 27.5 Å². The average molecular weight is 454 g/mol. The van der Waals surface area contributed by atoms with Crippen LogP contribution in [0.1, 0.15) is 64.3 Å². The van der Waals surface area contributed by atoms with Crippen molar-refractivity contribution in [3.63, 3.8) is 0 Å². The van der Waals surface area contributed by atoms with Gasteiger partial charge in [0.1, 0.15) is 16.9 Å². The Hall–Kier alpha value is -2.62. The number of amides is 3. The molecule has 1 unspecified atom stereocenters. The first-order valence-corrected chi connectivity index (χ1v) is 11.5. The molecule has 1 aliphatic rings. The summed E-state index contributed by atoms with van der Waals surface area (Å²) in [5.41, 5.74) is 4.99. The van der Waals surface area contributed by atoms with Gasteiger partial charge in [-0.25, -0.2) is 17.5 Å². The minimum Gasteiger partial charge on any atom is -0.444 e. The molecule has 9 nitrogen and oxygen atoms in total. The Bertz CT molecular complexity index is 958. The first-order chi connectivity index (χ1) is 14.0. The van der Waals surface area contributed by atoms with E-state index < -0.39 is 50.4 Å². The van der Waals surface area contributed by atoms with Crippen LogP contribution in [0.15, 0.2) is 24.3 Å². The van der Waals surface area contributed by atoms with Crippen molar-refractivity contribution in [1.82, 2.24) is 9.62 Å². The first-order valence-electron chi connectivity index (χ1n) is 9.97. The maximum Gasteiger partial charge on any atom is 0.408 e. The second kappa shape index (κ2) is 8.49. The number of benzene rings is 1. The van der Waals surface area contributed by atoms with Gasteiger partial charge in [-0.1, -0.05) is 24.3 Å². The maximum absolute atomic E-state index is 12.9. The summed E-state index contributed by atoms with van der Waals surface area (Å²) < 4.78 is 31.9. The van der Waals surface area contributed by atoms with Gasteiger partial charge in [0.2, 0.25) is 21.8 Å². The number of hydrogen-bond acceptors (Lipinski definition) is 6. The van der Waals surface area contributed by atoms with Crippen LogP contribution in [0, 0.1) is 0 Å². The molecule has 1 aromatic rings. The topological polar surface area (TPSA) is 136 Å². The Kier molecular flexibility index (Phi) is 6.75. The molecule has 31 heavy (non-hydrogen) atoms. The van der Waals surface area contributed by atoms with Crippen LogP contribution in [-0.2, 0) is 30.8 Å². The largest absolute Gasteiger partial charge is 0.444 e. The van der Waals surface area contributed by atoms with Gasteiger partial charge in [-0.2, -0.15) is 0 Å². The molecule has 3 N–H and O–H groups in total. The molecule has 3 amide bonds. The van der Waals surface area contributed by atoms with E-state index in [4.69, 9.17) is 10.5 Å². The molecule has 1 fully saturated rings. The summed E-state index contributed by atoms with van der Waals surface area (Å²) in [6.45, 7) is 10.1. The van der Waals surface area contributed by atoms with E-state index in [9.17, 15) is 22.8 Å². The SMILES string of the molecule is CC(C)(C)OC(=O)NC(Cc1ccc([C@@H]2CC(=O)N(C(C)(C)C)S2(=O)=O)cc1)C(N)=O. The molecule has 1 aromatic carbocycles. The van der Waals surface area contributed by atoms with E-state index in [2.05, 4.69) is 5.32 Å². The van der Waals surface area contributed by atoms with Crippen LogP contribution in [0.25, 0.3) is 0 Å². The van der Waals surface area contributed by atoms with Gasteiger partial charge in [0, 0.05) is 6.42 Å². The lowest BCUT2D eigenvalue weighted by atomic mass is 10.0. The van der Waals surface area contributed by atoms with Crippen molar-refractivity contribution in [3.05, 3.63) is 35.4 Å². The smallest absolute Gasteiger partial charge is 0.408 e. The number of hydrogen-bond donors (Lipinski definition) is 2. The van der Waals surface area contributed by atoms with E-state index in [1.54, 1.807) is 65.8 Å². The molecule has 1 heterocycles. The number of nitrogens with one attached hydrogen (secondary N) is 1.